The Morgan fingerprint density at radius 1 is 1.20 bits per heavy atom. The van der Waals surface area contributed by atoms with Gasteiger partial charge in [-0.05, 0) is 25.3 Å². The number of aromatic nitrogens is 3. The first-order chi connectivity index (χ1) is 12.2. The fraction of sp³-hybridized carbons (Fsp3) is 0.500. The first-order valence-corrected chi connectivity index (χ1v) is 8.57. The molecule has 4 rings (SSSR count). The summed E-state index contributed by atoms with van der Waals surface area (Å²) in [6, 6.07) is 5.76. The predicted octanol–water partition coefficient (Wildman–Crippen LogP) is 2.61. The van der Waals surface area contributed by atoms with Crippen LogP contribution in [0.1, 0.15) is 25.7 Å². The van der Waals surface area contributed by atoms with Gasteiger partial charge in [0.05, 0.1) is 24.0 Å². The van der Waals surface area contributed by atoms with Gasteiger partial charge in [-0.3, -0.25) is 0 Å². The van der Waals surface area contributed by atoms with E-state index in [0.29, 0.717) is 11.8 Å². The van der Waals surface area contributed by atoms with E-state index < -0.39 is 5.82 Å². The zero-order valence-corrected chi connectivity index (χ0v) is 14.1. The fourth-order valence-electron chi connectivity index (χ4n) is 4.05. The van der Waals surface area contributed by atoms with E-state index in [1.807, 2.05) is 18.2 Å². The normalized spacial score (nSPS) is 28.6. The highest BCUT2D eigenvalue weighted by atomic mass is 19.1. The maximum Gasteiger partial charge on any atom is 0.225 e. The van der Waals surface area contributed by atoms with Crippen LogP contribution in [0, 0.1) is 5.82 Å². The molecule has 132 valence electrons. The van der Waals surface area contributed by atoms with Crippen LogP contribution < -0.4 is 9.64 Å². The lowest BCUT2D eigenvalue weighted by Gasteiger charge is -2.43. The number of ether oxygens (including phenoxy) is 2. The molecule has 7 heteroatoms. The smallest absolute Gasteiger partial charge is 0.225 e. The van der Waals surface area contributed by atoms with Crippen LogP contribution >= 0.6 is 0 Å². The number of fused-ring (bicyclic) bond motifs is 1. The Labute approximate surface area is 146 Å². The lowest BCUT2D eigenvalue weighted by molar-refractivity contribution is -0.0608. The van der Waals surface area contributed by atoms with Gasteiger partial charge < -0.3 is 14.4 Å². The van der Waals surface area contributed by atoms with E-state index in [4.69, 9.17) is 9.47 Å². The van der Waals surface area contributed by atoms with E-state index in [1.54, 1.807) is 13.3 Å². The number of anilines is 1. The van der Waals surface area contributed by atoms with Gasteiger partial charge in [-0.25, -0.2) is 19.3 Å². The van der Waals surface area contributed by atoms with Crippen molar-refractivity contribution < 1.29 is 13.9 Å². The van der Waals surface area contributed by atoms with Crippen molar-refractivity contribution in [2.45, 2.75) is 43.4 Å². The van der Waals surface area contributed by atoms with Gasteiger partial charge in [-0.15, -0.1) is 0 Å². The number of hydrogen-bond donors (Lipinski definition) is 0. The van der Waals surface area contributed by atoms with Crippen LogP contribution in [0.3, 0.4) is 0 Å². The van der Waals surface area contributed by atoms with Crippen molar-refractivity contribution in [2.24, 2.45) is 0 Å². The fourth-order valence-corrected chi connectivity index (χ4v) is 4.05. The molecule has 0 amide bonds. The average molecular weight is 344 g/mol. The van der Waals surface area contributed by atoms with E-state index in [9.17, 15) is 4.39 Å². The summed E-state index contributed by atoms with van der Waals surface area (Å²) >= 11 is 0. The van der Waals surface area contributed by atoms with E-state index >= 15 is 0 Å². The van der Waals surface area contributed by atoms with Gasteiger partial charge in [0.2, 0.25) is 11.8 Å². The molecule has 2 fully saturated rings. The zero-order valence-electron chi connectivity index (χ0n) is 14.1. The van der Waals surface area contributed by atoms with E-state index in [1.165, 1.54) is 12.4 Å². The second kappa shape index (κ2) is 6.55. The second-order valence-electron chi connectivity index (χ2n) is 6.61. The summed E-state index contributed by atoms with van der Waals surface area (Å²) in [6.45, 7) is 0.792. The lowest BCUT2D eigenvalue weighted by Crippen LogP contribution is -2.52. The van der Waals surface area contributed by atoms with Crippen LogP contribution in [0.15, 0.2) is 36.8 Å². The van der Waals surface area contributed by atoms with Crippen LogP contribution in [0.4, 0.5) is 10.3 Å². The highest BCUT2D eigenvalue weighted by Gasteiger charge is 2.52. The molecule has 25 heavy (non-hydrogen) atoms. The van der Waals surface area contributed by atoms with Crippen molar-refractivity contribution >= 4 is 5.95 Å². The maximum atomic E-state index is 13.2. The van der Waals surface area contributed by atoms with Gasteiger partial charge in [-0.1, -0.05) is 6.07 Å². The number of hydrogen-bond acceptors (Lipinski definition) is 6. The highest BCUT2D eigenvalue weighted by Crippen LogP contribution is 2.44. The molecule has 0 bridgehead atoms. The van der Waals surface area contributed by atoms with Crippen LogP contribution in [-0.2, 0) is 4.74 Å². The Bertz CT molecular complexity index is 715. The molecule has 0 radical (unpaired) electrons. The van der Waals surface area contributed by atoms with Crippen molar-refractivity contribution in [3.8, 4) is 5.88 Å². The second-order valence-corrected chi connectivity index (χ2v) is 6.61. The Morgan fingerprint density at radius 2 is 2.04 bits per heavy atom. The summed E-state index contributed by atoms with van der Waals surface area (Å²) < 4.78 is 25.2. The summed E-state index contributed by atoms with van der Waals surface area (Å²) in [5, 5.41) is 0. The maximum absolute atomic E-state index is 13.2. The van der Waals surface area contributed by atoms with Gasteiger partial charge in [-0.2, -0.15) is 0 Å². The number of rotatable bonds is 4. The summed E-state index contributed by atoms with van der Waals surface area (Å²) in [5.41, 5.74) is -0.221. The molecule has 0 unspecified atom stereocenters. The predicted molar refractivity (Wildman–Crippen MR) is 90.0 cm³/mol. The topological polar surface area (TPSA) is 60.4 Å². The van der Waals surface area contributed by atoms with Gasteiger partial charge in [0.1, 0.15) is 6.10 Å². The summed E-state index contributed by atoms with van der Waals surface area (Å²) in [7, 11) is 1.77. The molecule has 3 atom stereocenters. The average Bonchev–Trinajstić information content (AvgIpc) is 3.03. The molecule has 6 nitrogen and oxygen atoms in total. The quantitative estimate of drug-likeness (QED) is 0.850. The van der Waals surface area contributed by atoms with Crippen molar-refractivity contribution in [1.29, 1.82) is 0 Å². The van der Waals surface area contributed by atoms with Crippen molar-refractivity contribution in [3.05, 3.63) is 42.6 Å². The van der Waals surface area contributed by atoms with Gasteiger partial charge in [0.15, 0.2) is 5.82 Å². The van der Waals surface area contributed by atoms with Gasteiger partial charge in [0, 0.05) is 32.3 Å². The zero-order chi connectivity index (χ0) is 17.3. The van der Waals surface area contributed by atoms with Crippen LogP contribution in [-0.4, -0.2) is 46.4 Å². The summed E-state index contributed by atoms with van der Waals surface area (Å²) in [4.78, 5) is 14.7. The third-order valence-electron chi connectivity index (χ3n) is 5.33. The summed E-state index contributed by atoms with van der Waals surface area (Å²) in [6.07, 6.45) is 7.73. The summed E-state index contributed by atoms with van der Waals surface area (Å²) in [5.74, 6) is 0.754. The minimum absolute atomic E-state index is 0.0595. The van der Waals surface area contributed by atoms with Crippen molar-refractivity contribution in [1.82, 2.24) is 15.0 Å². The molecule has 2 aromatic heterocycles. The van der Waals surface area contributed by atoms with E-state index in [0.717, 1.165) is 32.2 Å². The molecule has 1 aliphatic heterocycles. The molecule has 1 aliphatic carbocycles. The SMILES string of the molecule is CO[C@@]12CC[C@@H](Oc3ccccn3)C[C@@H]1N(c1ncc(F)cn1)CC2. The van der Waals surface area contributed by atoms with Crippen LogP contribution in [0.5, 0.6) is 5.88 Å². The number of halogens is 1. The number of nitrogens with zero attached hydrogens (tertiary/aromatic N) is 4. The van der Waals surface area contributed by atoms with Crippen molar-refractivity contribution in [3.63, 3.8) is 0 Å². The minimum Gasteiger partial charge on any atom is -0.474 e. The Balaban J connectivity index is 1.55. The Morgan fingerprint density at radius 3 is 2.76 bits per heavy atom. The number of pyridine rings is 1. The van der Waals surface area contributed by atoms with Gasteiger partial charge >= 0.3 is 0 Å². The van der Waals surface area contributed by atoms with E-state index in [-0.39, 0.29) is 17.7 Å². The van der Waals surface area contributed by atoms with Crippen LogP contribution in [0.2, 0.25) is 0 Å². The Kier molecular flexibility index (Phi) is 4.25. The highest BCUT2D eigenvalue weighted by molar-refractivity contribution is 5.37. The molecule has 0 N–H and O–H groups in total. The molecule has 2 aliphatic rings. The largest absolute Gasteiger partial charge is 0.474 e. The Hall–Kier alpha value is -2.28. The van der Waals surface area contributed by atoms with Gasteiger partial charge in [0.25, 0.3) is 0 Å². The first-order valence-electron chi connectivity index (χ1n) is 8.57. The first kappa shape index (κ1) is 16.2. The molecule has 0 spiro atoms. The lowest BCUT2D eigenvalue weighted by atomic mass is 9.79. The molecular formula is C18H21FN4O2. The molecular weight excluding hydrogens is 323 g/mol. The molecule has 1 saturated heterocycles. The minimum atomic E-state index is -0.430. The molecule has 1 saturated carbocycles. The molecule has 0 aromatic carbocycles. The molecule has 3 heterocycles. The number of methoxy groups -OCH3 is 1. The van der Waals surface area contributed by atoms with Crippen LogP contribution in [0.25, 0.3) is 0 Å². The van der Waals surface area contributed by atoms with Crippen molar-refractivity contribution in [2.75, 3.05) is 18.6 Å². The monoisotopic (exact) mass is 344 g/mol. The van der Waals surface area contributed by atoms with E-state index in [2.05, 4.69) is 19.9 Å². The third-order valence-corrected chi connectivity index (χ3v) is 5.33. The molecule has 2 aromatic rings. The standard InChI is InChI=1S/C18H21FN4O2/c1-24-18-6-5-14(25-16-4-2-3-8-20-16)10-15(18)23(9-7-18)17-21-11-13(19)12-22-17/h2-4,8,11-12,14-15H,5-7,9-10H2,1H3/t14-,15+,18-/m1/s1. The third kappa shape index (κ3) is 3.04.